The molecule has 4 nitrogen and oxygen atoms in total. The van der Waals surface area contributed by atoms with E-state index in [4.69, 9.17) is 4.55 Å². The first kappa shape index (κ1) is 27.9. The van der Waals surface area contributed by atoms with E-state index in [-0.39, 0.29) is 11.9 Å². The maximum atomic E-state index is 10.6. The molecule has 0 aliphatic heterocycles. The van der Waals surface area contributed by atoms with Crippen LogP contribution in [0, 0.1) is 0 Å². The molecule has 0 aromatic carbocycles. The molecule has 1 atom stereocenters. The van der Waals surface area contributed by atoms with Crippen LogP contribution in [0.4, 0.5) is 0 Å². The van der Waals surface area contributed by atoms with Crippen molar-refractivity contribution in [3.05, 3.63) is 0 Å². The summed E-state index contributed by atoms with van der Waals surface area (Å²) in [4.78, 5) is 0. The molecule has 0 saturated carbocycles. The van der Waals surface area contributed by atoms with Crippen molar-refractivity contribution in [1.82, 2.24) is 0 Å². The number of unbranched alkanes of at least 4 members (excludes halogenated alkanes) is 16. The lowest BCUT2D eigenvalue weighted by atomic mass is 10.0. The van der Waals surface area contributed by atoms with Crippen LogP contribution in [0.5, 0.6) is 0 Å². The van der Waals surface area contributed by atoms with E-state index in [1.807, 2.05) is 0 Å². The van der Waals surface area contributed by atoms with E-state index in [0.29, 0.717) is 6.42 Å². The lowest BCUT2D eigenvalue weighted by molar-refractivity contribution is 0.147. The van der Waals surface area contributed by atoms with E-state index in [2.05, 4.69) is 6.92 Å². The highest BCUT2D eigenvalue weighted by Crippen LogP contribution is 2.15. The summed E-state index contributed by atoms with van der Waals surface area (Å²) < 4.78 is 29.8. The Morgan fingerprint density at radius 1 is 0.571 bits per heavy atom. The highest BCUT2D eigenvalue weighted by molar-refractivity contribution is 7.85. The van der Waals surface area contributed by atoms with Gasteiger partial charge in [0.2, 0.25) is 0 Å². The number of rotatable bonds is 22. The summed E-state index contributed by atoms with van der Waals surface area (Å²) in [6.45, 7) is 2.20. The maximum absolute atomic E-state index is 10.6. The molecule has 0 bridgehead atoms. The molecule has 0 fully saturated rings. The summed E-state index contributed by atoms with van der Waals surface area (Å²) in [5.41, 5.74) is 0. The molecule has 170 valence electrons. The number of aliphatic hydroxyl groups excluding tert-OH is 1. The van der Waals surface area contributed by atoms with E-state index in [1.54, 1.807) is 0 Å². The van der Waals surface area contributed by atoms with Crippen LogP contribution in [0.1, 0.15) is 135 Å². The van der Waals surface area contributed by atoms with Crippen molar-refractivity contribution in [2.24, 2.45) is 0 Å². The van der Waals surface area contributed by atoms with Crippen molar-refractivity contribution in [3.63, 3.8) is 0 Å². The Labute approximate surface area is 175 Å². The van der Waals surface area contributed by atoms with E-state index in [9.17, 15) is 13.5 Å². The Bertz CT molecular complexity index is 409. The molecule has 0 rings (SSSR count). The number of hydrogen-bond donors (Lipinski definition) is 2. The van der Waals surface area contributed by atoms with Crippen LogP contribution in [0.25, 0.3) is 0 Å². The molecule has 0 aromatic heterocycles. The molecule has 0 aliphatic rings. The summed E-state index contributed by atoms with van der Waals surface area (Å²) in [6.07, 6.45) is 23.7. The van der Waals surface area contributed by atoms with Gasteiger partial charge in [-0.15, -0.1) is 0 Å². The molecule has 5 heteroatoms. The second kappa shape index (κ2) is 20.2. The first-order valence-electron chi connectivity index (χ1n) is 12.1. The van der Waals surface area contributed by atoms with Gasteiger partial charge in [-0.2, -0.15) is 8.42 Å². The Balaban J connectivity index is 3.12. The van der Waals surface area contributed by atoms with Crippen LogP contribution in [-0.2, 0) is 10.1 Å². The second-order valence-corrected chi connectivity index (χ2v) is 10.1. The van der Waals surface area contributed by atoms with Gasteiger partial charge in [0.15, 0.2) is 0 Å². The zero-order chi connectivity index (χ0) is 20.9. The van der Waals surface area contributed by atoms with Crippen LogP contribution in [0.15, 0.2) is 0 Å². The minimum Gasteiger partial charge on any atom is -0.393 e. The Hall–Kier alpha value is -0.130. The van der Waals surface area contributed by atoms with Crippen molar-refractivity contribution < 1.29 is 18.1 Å². The minimum absolute atomic E-state index is 0.0664. The maximum Gasteiger partial charge on any atom is 0.264 e. The molecule has 0 radical (unpaired) electrons. The van der Waals surface area contributed by atoms with Gasteiger partial charge in [-0.05, 0) is 19.3 Å². The fourth-order valence-corrected chi connectivity index (χ4v) is 4.31. The van der Waals surface area contributed by atoms with Gasteiger partial charge in [0.25, 0.3) is 10.1 Å². The van der Waals surface area contributed by atoms with E-state index >= 15 is 0 Å². The molecule has 0 heterocycles. The van der Waals surface area contributed by atoms with Crippen LogP contribution in [0.2, 0.25) is 0 Å². The molecular weight excluding hydrogens is 372 g/mol. The van der Waals surface area contributed by atoms with Gasteiger partial charge in [-0.3, -0.25) is 4.55 Å². The fourth-order valence-electron chi connectivity index (χ4n) is 3.74. The third-order valence-electron chi connectivity index (χ3n) is 5.58. The SMILES string of the molecule is CCCCCC(O)CCCCCCCCCCCCCCCCCS(=O)(=O)O. The number of hydrogen-bond acceptors (Lipinski definition) is 3. The second-order valence-electron chi connectivity index (χ2n) is 8.53. The van der Waals surface area contributed by atoms with Gasteiger partial charge < -0.3 is 5.11 Å². The van der Waals surface area contributed by atoms with E-state index in [0.717, 1.165) is 25.7 Å². The van der Waals surface area contributed by atoms with E-state index in [1.165, 1.54) is 96.3 Å². The predicted molar refractivity (Wildman–Crippen MR) is 120 cm³/mol. The highest BCUT2D eigenvalue weighted by Gasteiger charge is 2.04. The average molecular weight is 421 g/mol. The Kier molecular flexibility index (Phi) is 20.1. The van der Waals surface area contributed by atoms with Crippen LogP contribution < -0.4 is 0 Å². The topological polar surface area (TPSA) is 74.6 Å². The lowest BCUT2D eigenvalue weighted by Crippen LogP contribution is -2.05. The first-order chi connectivity index (χ1) is 13.5. The Morgan fingerprint density at radius 3 is 1.25 bits per heavy atom. The van der Waals surface area contributed by atoms with Gasteiger partial charge >= 0.3 is 0 Å². The molecule has 2 N–H and O–H groups in total. The normalized spacial score (nSPS) is 13.1. The fraction of sp³-hybridized carbons (Fsp3) is 1.00. The van der Waals surface area contributed by atoms with Crippen molar-refractivity contribution in [1.29, 1.82) is 0 Å². The van der Waals surface area contributed by atoms with E-state index < -0.39 is 10.1 Å². The molecule has 1 unspecified atom stereocenters. The molecule has 28 heavy (non-hydrogen) atoms. The highest BCUT2D eigenvalue weighted by atomic mass is 32.2. The molecule has 0 aliphatic carbocycles. The summed E-state index contributed by atoms with van der Waals surface area (Å²) >= 11 is 0. The van der Waals surface area contributed by atoms with Crippen LogP contribution in [0.3, 0.4) is 0 Å². The standard InChI is InChI=1S/C23H48O4S/c1-2-3-17-20-23(24)21-18-15-13-11-9-7-5-4-6-8-10-12-14-16-19-22-28(25,26)27/h23-24H,2-22H2,1H3,(H,25,26,27). The molecule has 0 saturated heterocycles. The summed E-state index contributed by atoms with van der Waals surface area (Å²) in [7, 11) is -3.76. The zero-order valence-corrected chi connectivity index (χ0v) is 19.4. The van der Waals surface area contributed by atoms with Crippen LogP contribution in [-0.4, -0.2) is 29.9 Å². The molecule has 0 amide bonds. The van der Waals surface area contributed by atoms with Gasteiger partial charge in [0, 0.05) is 0 Å². The minimum atomic E-state index is -3.76. The monoisotopic (exact) mass is 420 g/mol. The smallest absolute Gasteiger partial charge is 0.264 e. The third-order valence-corrected chi connectivity index (χ3v) is 6.39. The average Bonchev–Trinajstić information content (AvgIpc) is 2.63. The summed E-state index contributed by atoms with van der Waals surface area (Å²) in [5.74, 6) is -0.0893. The molecule has 0 spiro atoms. The molecule has 0 aromatic rings. The first-order valence-corrected chi connectivity index (χ1v) is 13.7. The number of aliphatic hydroxyl groups is 1. The zero-order valence-electron chi connectivity index (χ0n) is 18.5. The van der Waals surface area contributed by atoms with Crippen LogP contribution >= 0.6 is 0 Å². The summed E-state index contributed by atoms with van der Waals surface area (Å²) in [5, 5.41) is 9.89. The van der Waals surface area contributed by atoms with Crippen molar-refractivity contribution in [3.8, 4) is 0 Å². The molecular formula is C23H48O4S. The Morgan fingerprint density at radius 2 is 0.893 bits per heavy atom. The van der Waals surface area contributed by atoms with Crippen molar-refractivity contribution in [2.45, 2.75) is 141 Å². The van der Waals surface area contributed by atoms with Gasteiger partial charge in [-0.25, -0.2) is 0 Å². The quantitative estimate of drug-likeness (QED) is 0.145. The van der Waals surface area contributed by atoms with Crippen molar-refractivity contribution in [2.75, 3.05) is 5.75 Å². The summed E-state index contributed by atoms with van der Waals surface area (Å²) in [6, 6.07) is 0. The lowest BCUT2D eigenvalue weighted by Gasteiger charge is -2.09. The third kappa shape index (κ3) is 23.9. The largest absolute Gasteiger partial charge is 0.393 e. The van der Waals surface area contributed by atoms with Gasteiger partial charge in [0.05, 0.1) is 11.9 Å². The van der Waals surface area contributed by atoms with Crippen molar-refractivity contribution >= 4 is 10.1 Å². The predicted octanol–water partition coefficient (Wildman–Crippen LogP) is 7.06. The van der Waals surface area contributed by atoms with Gasteiger partial charge in [0.1, 0.15) is 0 Å². The van der Waals surface area contributed by atoms with Gasteiger partial charge in [-0.1, -0.05) is 116 Å².